The number of amides is 1. The maximum atomic E-state index is 12.8. The summed E-state index contributed by atoms with van der Waals surface area (Å²) in [6.07, 6.45) is 4.21. The second kappa shape index (κ2) is 6.32. The van der Waals surface area contributed by atoms with Gasteiger partial charge in [-0.15, -0.1) is 11.3 Å². The first-order valence-electron chi connectivity index (χ1n) is 7.95. The number of methoxy groups -OCH3 is 1. The zero-order valence-corrected chi connectivity index (χ0v) is 14.6. The summed E-state index contributed by atoms with van der Waals surface area (Å²) >= 11 is 1.46. The van der Waals surface area contributed by atoms with Gasteiger partial charge in [0.2, 0.25) is 0 Å². The number of benzene rings is 1. The normalized spacial score (nSPS) is 16.3. The molecule has 0 spiro atoms. The summed E-state index contributed by atoms with van der Waals surface area (Å²) in [5.41, 5.74) is 1.70. The van der Waals surface area contributed by atoms with Gasteiger partial charge in [-0.2, -0.15) is 0 Å². The van der Waals surface area contributed by atoms with Crippen LogP contribution in [0.25, 0.3) is 0 Å². The molecule has 1 aromatic heterocycles. The molecule has 1 aliphatic carbocycles. The first-order chi connectivity index (χ1) is 11.0. The Labute approximate surface area is 140 Å². The summed E-state index contributed by atoms with van der Waals surface area (Å²) in [4.78, 5) is 17.9. The zero-order chi connectivity index (χ0) is 16.4. The van der Waals surface area contributed by atoms with Crippen LogP contribution in [0.2, 0.25) is 0 Å². The molecule has 0 saturated heterocycles. The van der Waals surface area contributed by atoms with Crippen molar-refractivity contribution < 1.29 is 9.53 Å². The van der Waals surface area contributed by atoms with E-state index in [-0.39, 0.29) is 11.4 Å². The molecule has 1 fully saturated rings. The molecule has 0 radical (unpaired) electrons. The summed E-state index contributed by atoms with van der Waals surface area (Å²) in [5.74, 6) is 0.827. The third-order valence-corrected chi connectivity index (χ3v) is 5.63. The highest BCUT2D eigenvalue weighted by Crippen LogP contribution is 2.39. The summed E-state index contributed by atoms with van der Waals surface area (Å²) in [7, 11) is 1.66. The Morgan fingerprint density at radius 2 is 1.87 bits per heavy atom. The Hall–Kier alpha value is -1.88. The Balaban J connectivity index is 1.88. The van der Waals surface area contributed by atoms with Crippen molar-refractivity contribution in [3.8, 4) is 5.75 Å². The molecule has 122 valence electrons. The van der Waals surface area contributed by atoms with Gasteiger partial charge in [-0.05, 0) is 44.4 Å². The fraction of sp³-hybridized carbons (Fsp3) is 0.444. The fourth-order valence-electron chi connectivity index (χ4n) is 3.39. The highest BCUT2D eigenvalue weighted by atomic mass is 32.1. The Morgan fingerprint density at radius 3 is 2.39 bits per heavy atom. The molecule has 1 aromatic carbocycles. The summed E-state index contributed by atoms with van der Waals surface area (Å²) in [6.45, 7) is 3.83. The number of carbonyl (C=O) groups is 1. The van der Waals surface area contributed by atoms with Gasteiger partial charge in [0.1, 0.15) is 10.6 Å². The second-order valence-electron chi connectivity index (χ2n) is 6.12. The molecule has 1 heterocycles. The van der Waals surface area contributed by atoms with Gasteiger partial charge in [0, 0.05) is 0 Å². The number of carbonyl (C=O) groups excluding carboxylic acids is 1. The quantitative estimate of drug-likeness (QED) is 0.923. The van der Waals surface area contributed by atoms with E-state index in [4.69, 9.17) is 4.74 Å². The number of rotatable bonds is 4. The lowest BCUT2D eigenvalue weighted by atomic mass is 9.88. The van der Waals surface area contributed by atoms with Gasteiger partial charge in [0.25, 0.3) is 5.91 Å². The molecule has 1 N–H and O–H groups in total. The minimum absolute atomic E-state index is 0.00850. The molecule has 23 heavy (non-hydrogen) atoms. The van der Waals surface area contributed by atoms with E-state index in [1.807, 2.05) is 26.0 Å². The standard InChI is InChI=1S/C18H22N2O2S/c1-12-16(23-13(2)19-12)17(21)20-18(10-4-5-11-18)14-6-8-15(22-3)9-7-14/h6-9H,4-5,10-11H2,1-3H3,(H,20,21). The van der Waals surface area contributed by atoms with Crippen LogP contribution in [0.15, 0.2) is 24.3 Å². The third-order valence-electron chi connectivity index (χ3n) is 4.56. The van der Waals surface area contributed by atoms with Crippen molar-refractivity contribution >= 4 is 17.2 Å². The van der Waals surface area contributed by atoms with Crippen molar-refractivity contribution in [1.82, 2.24) is 10.3 Å². The predicted octanol–water partition coefficient (Wildman–Crippen LogP) is 3.97. The van der Waals surface area contributed by atoms with Crippen LogP contribution in [0, 0.1) is 13.8 Å². The number of hydrogen-bond acceptors (Lipinski definition) is 4. The van der Waals surface area contributed by atoms with Gasteiger partial charge in [0.05, 0.1) is 23.4 Å². The average molecular weight is 330 g/mol. The average Bonchev–Trinajstić information content (AvgIpc) is 3.14. The van der Waals surface area contributed by atoms with Crippen LogP contribution in [0.3, 0.4) is 0 Å². The summed E-state index contributed by atoms with van der Waals surface area (Å²) in [5, 5.41) is 4.24. The topological polar surface area (TPSA) is 51.2 Å². The fourth-order valence-corrected chi connectivity index (χ4v) is 4.21. The van der Waals surface area contributed by atoms with Crippen molar-refractivity contribution in [2.75, 3.05) is 7.11 Å². The number of hydrogen-bond donors (Lipinski definition) is 1. The molecule has 0 unspecified atom stereocenters. The maximum Gasteiger partial charge on any atom is 0.263 e. The smallest absolute Gasteiger partial charge is 0.263 e. The van der Waals surface area contributed by atoms with E-state index >= 15 is 0 Å². The molecule has 0 aliphatic heterocycles. The van der Waals surface area contributed by atoms with Crippen molar-refractivity contribution in [3.05, 3.63) is 45.4 Å². The van der Waals surface area contributed by atoms with Crippen LogP contribution in [0.5, 0.6) is 5.75 Å². The SMILES string of the molecule is COc1ccc(C2(NC(=O)c3sc(C)nc3C)CCCC2)cc1. The van der Waals surface area contributed by atoms with Gasteiger partial charge in [0.15, 0.2) is 0 Å². The van der Waals surface area contributed by atoms with Crippen LogP contribution >= 0.6 is 11.3 Å². The number of nitrogens with one attached hydrogen (secondary N) is 1. The Morgan fingerprint density at radius 1 is 1.22 bits per heavy atom. The van der Waals surface area contributed by atoms with Gasteiger partial charge in [-0.1, -0.05) is 25.0 Å². The summed E-state index contributed by atoms with van der Waals surface area (Å²) in [6, 6.07) is 8.05. The number of thiazole rings is 1. The van der Waals surface area contributed by atoms with Crippen LogP contribution in [-0.2, 0) is 5.54 Å². The molecular formula is C18H22N2O2S. The van der Waals surface area contributed by atoms with Crippen molar-refractivity contribution in [2.24, 2.45) is 0 Å². The minimum atomic E-state index is -0.270. The number of aromatic nitrogens is 1. The lowest BCUT2D eigenvalue weighted by molar-refractivity contribution is 0.0901. The largest absolute Gasteiger partial charge is 0.497 e. The van der Waals surface area contributed by atoms with Gasteiger partial charge in [-0.3, -0.25) is 4.79 Å². The van der Waals surface area contributed by atoms with Gasteiger partial charge in [-0.25, -0.2) is 4.98 Å². The third kappa shape index (κ3) is 3.11. The van der Waals surface area contributed by atoms with Crippen LogP contribution < -0.4 is 10.1 Å². The molecule has 4 nitrogen and oxygen atoms in total. The molecule has 1 amide bonds. The molecule has 1 aliphatic rings. The van der Waals surface area contributed by atoms with Gasteiger partial charge < -0.3 is 10.1 Å². The maximum absolute atomic E-state index is 12.8. The van der Waals surface area contributed by atoms with Crippen molar-refractivity contribution in [2.45, 2.75) is 45.1 Å². The zero-order valence-electron chi connectivity index (χ0n) is 13.8. The molecule has 1 saturated carbocycles. The van der Waals surface area contributed by atoms with Crippen LogP contribution in [-0.4, -0.2) is 18.0 Å². The monoisotopic (exact) mass is 330 g/mol. The Kier molecular flexibility index (Phi) is 4.39. The molecule has 3 rings (SSSR count). The highest BCUT2D eigenvalue weighted by molar-refractivity contribution is 7.13. The number of nitrogens with zero attached hydrogens (tertiary/aromatic N) is 1. The van der Waals surface area contributed by atoms with Gasteiger partial charge >= 0.3 is 0 Å². The second-order valence-corrected chi connectivity index (χ2v) is 7.32. The molecule has 0 atom stereocenters. The molecule has 5 heteroatoms. The molecule has 0 bridgehead atoms. The van der Waals surface area contributed by atoms with Crippen LogP contribution in [0.4, 0.5) is 0 Å². The minimum Gasteiger partial charge on any atom is -0.497 e. The van der Waals surface area contributed by atoms with Crippen molar-refractivity contribution in [3.63, 3.8) is 0 Å². The van der Waals surface area contributed by atoms with E-state index in [0.717, 1.165) is 52.6 Å². The first-order valence-corrected chi connectivity index (χ1v) is 8.77. The number of aryl methyl sites for hydroxylation is 2. The van der Waals surface area contributed by atoms with E-state index in [9.17, 15) is 4.79 Å². The lowest BCUT2D eigenvalue weighted by Gasteiger charge is -2.31. The lowest BCUT2D eigenvalue weighted by Crippen LogP contribution is -2.43. The molecule has 2 aromatic rings. The highest BCUT2D eigenvalue weighted by Gasteiger charge is 2.37. The molecular weight excluding hydrogens is 308 g/mol. The van der Waals surface area contributed by atoms with E-state index in [1.165, 1.54) is 11.3 Å². The van der Waals surface area contributed by atoms with Crippen LogP contribution in [0.1, 0.15) is 51.6 Å². The Bertz CT molecular complexity index is 700. The van der Waals surface area contributed by atoms with E-state index < -0.39 is 0 Å². The first kappa shape index (κ1) is 16.0. The number of ether oxygens (including phenoxy) is 1. The van der Waals surface area contributed by atoms with E-state index in [1.54, 1.807) is 7.11 Å². The van der Waals surface area contributed by atoms with E-state index in [0.29, 0.717) is 0 Å². The predicted molar refractivity (Wildman–Crippen MR) is 92.2 cm³/mol. The van der Waals surface area contributed by atoms with E-state index in [2.05, 4.69) is 22.4 Å². The summed E-state index contributed by atoms with van der Waals surface area (Å²) < 4.78 is 5.24. The van der Waals surface area contributed by atoms with Crippen molar-refractivity contribution in [1.29, 1.82) is 0 Å².